The number of fused-ring (bicyclic) bond motifs is 1. The molecule has 20 heavy (non-hydrogen) atoms. The van der Waals surface area contributed by atoms with Crippen molar-refractivity contribution in [3.8, 4) is 5.75 Å². The Balaban J connectivity index is 2.03. The van der Waals surface area contributed by atoms with Gasteiger partial charge in [-0.25, -0.2) is 0 Å². The highest BCUT2D eigenvalue weighted by atomic mass is 19.4. The second-order valence-corrected chi connectivity index (χ2v) is 5.41. The Hall–Kier alpha value is -1.72. The normalized spacial score (nSPS) is 21.1. The Bertz CT molecular complexity index is 548. The molecule has 108 valence electrons. The minimum absolute atomic E-state index is 0.0944. The second kappa shape index (κ2) is 4.40. The number of anilines is 1. The molecule has 0 atom stereocenters. The molecule has 1 N–H and O–H groups in total. The van der Waals surface area contributed by atoms with Crippen molar-refractivity contribution in [2.24, 2.45) is 5.41 Å². The largest absolute Gasteiger partial charge is 0.490 e. The number of halogens is 3. The van der Waals surface area contributed by atoms with Crippen molar-refractivity contribution in [2.75, 3.05) is 11.9 Å². The van der Waals surface area contributed by atoms with E-state index in [0.717, 1.165) is 18.9 Å². The summed E-state index contributed by atoms with van der Waals surface area (Å²) in [5.74, 6) is -0.262. The Labute approximate surface area is 114 Å². The molecule has 1 amide bonds. The lowest BCUT2D eigenvalue weighted by Gasteiger charge is -2.23. The van der Waals surface area contributed by atoms with Gasteiger partial charge in [-0.2, -0.15) is 13.2 Å². The molecule has 1 spiro atoms. The van der Waals surface area contributed by atoms with Gasteiger partial charge < -0.3 is 10.1 Å². The molecule has 1 fully saturated rings. The minimum Gasteiger partial charge on any atom is -0.490 e. The molecular formula is C14H14F3NO2. The summed E-state index contributed by atoms with van der Waals surface area (Å²) in [5, 5.41) is 2.45. The van der Waals surface area contributed by atoms with E-state index in [9.17, 15) is 18.0 Å². The van der Waals surface area contributed by atoms with E-state index in [-0.39, 0.29) is 24.0 Å². The zero-order valence-corrected chi connectivity index (χ0v) is 10.7. The Morgan fingerprint density at radius 2 is 1.90 bits per heavy atom. The smallest absolute Gasteiger partial charge is 0.418 e. The molecule has 0 unspecified atom stereocenters. The third-order valence-corrected chi connectivity index (χ3v) is 4.12. The average Bonchev–Trinajstić information content (AvgIpc) is 2.80. The quantitative estimate of drug-likeness (QED) is 0.791. The third-order valence-electron chi connectivity index (χ3n) is 4.12. The minimum atomic E-state index is -4.52. The van der Waals surface area contributed by atoms with Gasteiger partial charge in [0, 0.05) is 0 Å². The first-order chi connectivity index (χ1) is 9.42. The number of carbonyl (C=O) groups is 1. The van der Waals surface area contributed by atoms with E-state index in [4.69, 9.17) is 4.74 Å². The van der Waals surface area contributed by atoms with Gasteiger partial charge in [-0.15, -0.1) is 0 Å². The van der Waals surface area contributed by atoms with Crippen LogP contribution < -0.4 is 10.1 Å². The van der Waals surface area contributed by atoms with Gasteiger partial charge in [0.2, 0.25) is 5.91 Å². The van der Waals surface area contributed by atoms with Crippen LogP contribution in [0.25, 0.3) is 0 Å². The first-order valence-electron chi connectivity index (χ1n) is 6.57. The molecule has 0 bridgehead atoms. The van der Waals surface area contributed by atoms with E-state index >= 15 is 0 Å². The SMILES string of the molecule is O=C1Nc2c(cccc2C(F)(F)F)OCC12CCCC2. The molecule has 1 heterocycles. The number of para-hydroxylation sites is 1. The molecule has 0 saturated heterocycles. The van der Waals surface area contributed by atoms with Gasteiger partial charge in [-0.1, -0.05) is 18.9 Å². The fourth-order valence-corrected chi connectivity index (χ4v) is 2.97. The van der Waals surface area contributed by atoms with Crippen LogP contribution in [-0.4, -0.2) is 12.5 Å². The fourth-order valence-electron chi connectivity index (χ4n) is 2.97. The molecule has 1 saturated carbocycles. The standard InChI is InChI=1S/C14H14F3NO2/c15-14(16,17)9-4-3-5-10-11(9)18-12(19)13(8-20-10)6-1-2-7-13/h3-5H,1-2,6-8H2,(H,18,19). The van der Waals surface area contributed by atoms with Crippen LogP contribution in [0.2, 0.25) is 0 Å². The van der Waals surface area contributed by atoms with Crippen molar-refractivity contribution in [1.29, 1.82) is 0 Å². The predicted octanol–water partition coefficient (Wildman–Crippen LogP) is 3.60. The summed E-state index contributed by atoms with van der Waals surface area (Å²) in [6.07, 6.45) is -1.39. The molecule has 1 aromatic rings. The molecule has 6 heteroatoms. The van der Waals surface area contributed by atoms with Crippen LogP contribution in [0.4, 0.5) is 18.9 Å². The predicted molar refractivity (Wildman–Crippen MR) is 66.5 cm³/mol. The van der Waals surface area contributed by atoms with E-state index in [1.165, 1.54) is 12.1 Å². The summed E-state index contributed by atoms with van der Waals surface area (Å²) in [5.41, 5.74) is -1.80. The summed E-state index contributed by atoms with van der Waals surface area (Å²) >= 11 is 0. The van der Waals surface area contributed by atoms with Crippen LogP contribution in [0.5, 0.6) is 5.75 Å². The van der Waals surface area contributed by atoms with Crippen molar-refractivity contribution >= 4 is 11.6 Å². The average molecular weight is 285 g/mol. The lowest BCUT2D eigenvalue weighted by atomic mass is 9.86. The van der Waals surface area contributed by atoms with Gasteiger partial charge in [-0.05, 0) is 25.0 Å². The Kier molecular flexibility index (Phi) is 2.92. The van der Waals surface area contributed by atoms with Crippen LogP contribution in [0.1, 0.15) is 31.2 Å². The third kappa shape index (κ3) is 2.03. The Morgan fingerprint density at radius 1 is 1.20 bits per heavy atom. The number of hydrogen-bond donors (Lipinski definition) is 1. The zero-order valence-electron chi connectivity index (χ0n) is 10.7. The number of amides is 1. The van der Waals surface area contributed by atoms with Gasteiger partial charge in [0.05, 0.1) is 16.7 Å². The second-order valence-electron chi connectivity index (χ2n) is 5.41. The van der Waals surface area contributed by atoms with Crippen molar-refractivity contribution in [2.45, 2.75) is 31.9 Å². The van der Waals surface area contributed by atoms with Crippen LogP contribution in [-0.2, 0) is 11.0 Å². The summed E-state index contributed by atoms with van der Waals surface area (Å²) in [7, 11) is 0. The first kappa shape index (κ1) is 13.3. The van der Waals surface area contributed by atoms with E-state index in [1.807, 2.05) is 0 Å². The van der Waals surface area contributed by atoms with E-state index in [2.05, 4.69) is 5.32 Å². The van der Waals surface area contributed by atoms with Crippen molar-refractivity contribution in [1.82, 2.24) is 0 Å². The highest BCUT2D eigenvalue weighted by molar-refractivity contribution is 5.98. The van der Waals surface area contributed by atoms with Gasteiger partial charge in [-0.3, -0.25) is 4.79 Å². The summed E-state index contributed by atoms with van der Waals surface area (Å²) in [6, 6.07) is 3.70. The molecule has 2 aliphatic rings. The maximum absolute atomic E-state index is 13.0. The van der Waals surface area contributed by atoms with Gasteiger partial charge >= 0.3 is 6.18 Å². The number of nitrogens with one attached hydrogen (secondary N) is 1. The number of ether oxygens (including phenoxy) is 1. The Morgan fingerprint density at radius 3 is 2.55 bits per heavy atom. The van der Waals surface area contributed by atoms with Gasteiger partial charge in [0.15, 0.2) is 0 Å². The number of benzene rings is 1. The highest BCUT2D eigenvalue weighted by Crippen LogP contribution is 2.46. The molecule has 1 aromatic carbocycles. The van der Waals surface area contributed by atoms with E-state index in [1.54, 1.807) is 0 Å². The molecule has 3 rings (SSSR count). The van der Waals surface area contributed by atoms with E-state index in [0.29, 0.717) is 12.8 Å². The topological polar surface area (TPSA) is 38.3 Å². The highest BCUT2D eigenvalue weighted by Gasteiger charge is 2.45. The lowest BCUT2D eigenvalue weighted by molar-refractivity contribution is -0.137. The monoisotopic (exact) mass is 285 g/mol. The molecule has 0 aromatic heterocycles. The maximum Gasteiger partial charge on any atom is 0.418 e. The molecule has 0 radical (unpaired) electrons. The first-order valence-corrected chi connectivity index (χ1v) is 6.57. The number of alkyl halides is 3. The number of hydrogen-bond acceptors (Lipinski definition) is 2. The zero-order chi connectivity index (χ0) is 14.4. The van der Waals surface area contributed by atoms with Crippen LogP contribution >= 0.6 is 0 Å². The summed E-state index contributed by atoms with van der Waals surface area (Å²) < 4.78 is 44.5. The molecule has 3 nitrogen and oxygen atoms in total. The molecule has 1 aliphatic carbocycles. The van der Waals surface area contributed by atoms with Crippen molar-refractivity contribution in [3.05, 3.63) is 23.8 Å². The fraction of sp³-hybridized carbons (Fsp3) is 0.500. The summed E-state index contributed by atoms with van der Waals surface area (Å²) in [6.45, 7) is 0.146. The van der Waals surface area contributed by atoms with Crippen LogP contribution in [0.3, 0.4) is 0 Å². The van der Waals surface area contributed by atoms with Gasteiger partial charge in [0.1, 0.15) is 12.4 Å². The van der Waals surface area contributed by atoms with Crippen molar-refractivity contribution in [3.63, 3.8) is 0 Å². The molecule has 1 aliphatic heterocycles. The van der Waals surface area contributed by atoms with E-state index < -0.39 is 17.2 Å². The van der Waals surface area contributed by atoms with Crippen LogP contribution in [0.15, 0.2) is 18.2 Å². The number of rotatable bonds is 0. The molecular weight excluding hydrogens is 271 g/mol. The van der Waals surface area contributed by atoms with Gasteiger partial charge in [0.25, 0.3) is 0 Å². The van der Waals surface area contributed by atoms with Crippen molar-refractivity contribution < 1.29 is 22.7 Å². The lowest BCUT2D eigenvalue weighted by Crippen LogP contribution is -2.37. The maximum atomic E-state index is 13.0. The summed E-state index contributed by atoms with van der Waals surface area (Å²) in [4.78, 5) is 12.3. The number of carbonyl (C=O) groups excluding carboxylic acids is 1. The van der Waals surface area contributed by atoms with Crippen LogP contribution in [0, 0.1) is 5.41 Å².